The Morgan fingerprint density at radius 2 is 1.67 bits per heavy atom. The fraction of sp³-hybridized carbons (Fsp3) is 0.176. The predicted octanol–water partition coefficient (Wildman–Crippen LogP) is 4.37. The van der Waals surface area contributed by atoms with Crippen LogP contribution in [0.25, 0.3) is 0 Å². The lowest BCUT2D eigenvalue weighted by molar-refractivity contribution is 0.624. The molecule has 1 heteroatoms. The molecule has 0 saturated carbocycles. The molecule has 0 aliphatic rings. The zero-order valence-electron chi connectivity index (χ0n) is 10.4. The molecule has 1 atom stereocenters. The van der Waals surface area contributed by atoms with Crippen molar-refractivity contribution in [3.63, 3.8) is 0 Å². The van der Waals surface area contributed by atoms with Crippen LogP contribution in [0.5, 0.6) is 0 Å². The maximum absolute atomic E-state index is 13.4. The molecule has 0 aromatic heterocycles. The van der Waals surface area contributed by atoms with E-state index < -0.39 is 0 Å². The van der Waals surface area contributed by atoms with Crippen LogP contribution in [0, 0.1) is 17.7 Å². The van der Waals surface area contributed by atoms with Gasteiger partial charge in [0.2, 0.25) is 0 Å². The monoisotopic (exact) mass is 238 g/mol. The fourth-order valence-corrected chi connectivity index (χ4v) is 1.83. The quantitative estimate of drug-likeness (QED) is 0.681. The van der Waals surface area contributed by atoms with Crippen LogP contribution in [0.3, 0.4) is 0 Å². The fourth-order valence-electron chi connectivity index (χ4n) is 1.83. The summed E-state index contributed by atoms with van der Waals surface area (Å²) in [5.74, 6) is 5.99. The molecular weight excluding hydrogens is 223 g/mol. The highest BCUT2D eigenvalue weighted by molar-refractivity contribution is 5.38. The summed E-state index contributed by atoms with van der Waals surface area (Å²) in [7, 11) is 0. The van der Waals surface area contributed by atoms with Gasteiger partial charge < -0.3 is 0 Å². The van der Waals surface area contributed by atoms with Crippen molar-refractivity contribution >= 4 is 0 Å². The van der Waals surface area contributed by atoms with E-state index in [2.05, 4.69) is 30.9 Å². The second-order valence-corrected chi connectivity index (χ2v) is 4.12. The minimum Gasteiger partial charge on any atom is -0.206 e. The van der Waals surface area contributed by atoms with Crippen molar-refractivity contribution in [2.75, 3.05) is 0 Å². The van der Waals surface area contributed by atoms with E-state index in [0.29, 0.717) is 5.56 Å². The first kappa shape index (κ1) is 12.4. The van der Waals surface area contributed by atoms with E-state index in [1.54, 1.807) is 18.2 Å². The second-order valence-electron chi connectivity index (χ2n) is 4.12. The minimum atomic E-state index is -0.257. The minimum absolute atomic E-state index is 0.158. The zero-order valence-corrected chi connectivity index (χ0v) is 10.4. The SMILES string of the molecule is CC[C@@H](C#Cc1ccccc1F)c1ccccc1. The van der Waals surface area contributed by atoms with Crippen LogP contribution >= 0.6 is 0 Å². The molecule has 0 fully saturated rings. The summed E-state index contributed by atoms with van der Waals surface area (Å²) in [6.45, 7) is 2.09. The molecule has 0 unspecified atom stereocenters. The smallest absolute Gasteiger partial charge is 0.138 e. The summed E-state index contributed by atoms with van der Waals surface area (Å²) < 4.78 is 13.4. The molecule has 0 radical (unpaired) electrons. The first-order chi connectivity index (χ1) is 8.81. The lowest BCUT2D eigenvalue weighted by Gasteiger charge is -2.07. The van der Waals surface area contributed by atoms with Crippen molar-refractivity contribution in [3.8, 4) is 11.8 Å². The summed E-state index contributed by atoms with van der Waals surface area (Å²) in [6.07, 6.45) is 0.922. The van der Waals surface area contributed by atoms with E-state index in [1.807, 2.05) is 18.2 Å². The van der Waals surface area contributed by atoms with Gasteiger partial charge in [-0.3, -0.25) is 0 Å². The summed E-state index contributed by atoms with van der Waals surface area (Å²) >= 11 is 0. The van der Waals surface area contributed by atoms with Crippen molar-refractivity contribution in [1.82, 2.24) is 0 Å². The predicted molar refractivity (Wildman–Crippen MR) is 72.8 cm³/mol. The van der Waals surface area contributed by atoms with Crippen LogP contribution in [-0.2, 0) is 0 Å². The van der Waals surface area contributed by atoms with Gasteiger partial charge in [-0.2, -0.15) is 0 Å². The Morgan fingerprint density at radius 1 is 1.00 bits per heavy atom. The van der Waals surface area contributed by atoms with Gasteiger partial charge in [0.05, 0.1) is 5.56 Å². The van der Waals surface area contributed by atoms with E-state index in [4.69, 9.17) is 0 Å². The van der Waals surface area contributed by atoms with E-state index in [-0.39, 0.29) is 11.7 Å². The van der Waals surface area contributed by atoms with Crippen molar-refractivity contribution in [2.45, 2.75) is 19.3 Å². The maximum atomic E-state index is 13.4. The number of hydrogen-bond acceptors (Lipinski definition) is 0. The molecule has 0 spiro atoms. The topological polar surface area (TPSA) is 0 Å². The third kappa shape index (κ3) is 2.99. The first-order valence-corrected chi connectivity index (χ1v) is 6.12. The van der Waals surface area contributed by atoms with E-state index in [9.17, 15) is 4.39 Å². The Bertz CT molecular complexity index is 561. The van der Waals surface area contributed by atoms with Gasteiger partial charge in [-0.15, -0.1) is 0 Å². The maximum Gasteiger partial charge on any atom is 0.138 e. The molecule has 0 amide bonds. The normalized spacial score (nSPS) is 11.4. The summed E-state index contributed by atoms with van der Waals surface area (Å²) in [5, 5.41) is 0. The Balaban J connectivity index is 2.25. The number of halogens is 1. The molecule has 18 heavy (non-hydrogen) atoms. The van der Waals surface area contributed by atoms with Crippen molar-refractivity contribution in [2.24, 2.45) is 0 Å². The zero-order chi connectivity index (χ0) is 12.8. The average Bonchev–Trinajstić information content (AvgIpc) is 2.42. The molecule has 2 rings (SSSR count). The van der Waals surface area contributed by atoms with Crippen LogP contribution in [0.1, 0.15) is 30.4 Å². The molecule has 0 bridgehead atoms. The van der Waals surface area contributed by atoms with Crippen molar-refractivity contribution in [3.05, 3.63) is 71.5 Å². The highest BCUT2D eigenvalue weighted by Crippen LogP contribution is 2.18. The van der Waals surface area contributed by atoms with Crippen LogP contribution in [0.15, 0.2) is 54.6 Å². The third-order valence-corrected chi connectivity index (χ3v) is 2.87. The Labute approximate surface area is 107 Å². The van der Waals surface area contributed by atoms with Crippen LogP contribution in [0.4, 0.5) is 4.39 Å². The first-order valence-electron chi connectivity index (χ1n) is 6.12. The molecular formula is C17H15F. The lowest BCUT2D eigenvalue weighted by atomic mass is 9.97. The van der Waals surface area contributed by atoms with Gasteiger partial charge in [0.25, 0.3) is 0 Å². The lowest BCUT2D eigenvalue weighted by Crippen LogP contribution is -1.93. The molecule has 0 heterocycles. The van der Waals surface area contributed by atoms with Crippen LogP contribution in [0.2, 0.25) is 0 Å². The molecule has 0 aliphatic carbocycles. The van der Waals surface area contributed by atoms with Gasteiger partial charge in [-0.25, -0.2) is 4.39 Å². The van der Waals surface area contributed by atoms with Gasteiger partial charge in [0.15, 0.2) is 0 Å². The average molecular weight is 238 g/mol. The number of benzene rings is 2. The highest BCUT2D eigenvalue weighted by atomic mass is 19.1. The van der Waals surface area contributed by atoms with Crippen molar-refractivity contribution in [1.29, 1.82) is 0 Å². The van der Waals surface area contributed by atoms with Crippen molar-refractivity contribution < 1.29 is 4.39 Å². The highest BCUT2D eigenvalue weighted by Gasteiger charge is 2.04. The van der Waals surface area contributed by atoms with E-state index in [0.717, 1.165) is 6.42 Å². The van der Waals surface area contributed by atoms with E-state index >= 15 is 0 Å². The molecule has 0 N–H and O–H groups in total. The number of rotatable bonds is 2. The van der Waals surface area contributed by atoms with Crippen LogP contribution < -0.4 is 0 Å². The van der Waals surface area contributed by atoms with E-state index in [1.165, 1.54) is 11.6 Å². The molecule has 90 valence electrons. The summed E-state index contributed by atoms with van der Waals surface area (Å²) in [6, 6.07) is 16.7. The molecule has 2 aromatic carbocycles. The Hall–Kier alpha value is -2.07. The Morgan fingerprint density at radius 3 is 2.33 bits per heavy atom. The van der Waals surface area contributed by atoms with Gasteiger partial charge in [-0.1, -0.05) is 61.2 Å². The molecule has 0 saturated heterocycles. The summed E-state index contributed by atoms with van der Waals surface area (Å²) in [4.78, 5) is 0. The second kappa shape index (κ2) is 6.02. The molecule has 0 nitrogen and oxygen atoms in total. The summed E-state index contributed by atoms with van der Waals surface area (Å²) in [5.41, 5.74) is 1.65. The Kier molecular flexibility index (Phi) is 4.15. The largest absolute Gasteiger partial charge is 0.206 e. The molecule has 0 aliphatic heterocycles. The van der Waals surface area contributed by atoms with Gasteiger partial charge in [0, 0.05) is 5.92 Å². The van der Waals surface area contributed by atoms with Crippen LogP contribution in [-0.4, -0.2) is 0 Å². The van der Waals surface area contributed by atoms with Gasteiger partial charge in [-0.05, 0) is 24.1 Å². The van der Waals surface area contributed by atoms with Gasteiger partial charge >= 0.3 is 0 Å². The number of hydrogen-bond donors (Lipinski definition) is 0. The molecule has 2 aromatic rings. The van der Waals surface area contributed by atoms with Gasteiger partial charge in [0.1, 0.15) is 5.82 Å². The third-order valence-electron chi connectivity index (χ3n) is 2.87. The standard InChI is InChI=1S/C17H15F/c1-2-14(15-8-4-3-5-9-15)12-13-16-10-6-7-11-17(16)18/h3-11,14H,2H2,1H3/t14-/m0/s1.